The summed E-state index contributed by atoms with van der Waals surface area (Å²) in [7, 11) is 0. The summed E-state index contributed by atoms with van der Waals surface area (Å²) in [6, 6.07) is 11.6. The largest absolute Gasteiger partial charge is 0.322 e. The Labute approximate surface area is 138 Å². The van der Waals surface area contributed by atoms with E-state index in [0.717, 1.165) is 17.7 Å². The molecular formula is C19H17FN2O2. The Morgan fingerprint density at radius 2 is 1.92 bits per heavy atom. The molecule has 0 aliphatic heterocycles. The molecule has 1 N–H and O–H groups in total. The van der Waals surface area contributed by atoms with Crippen molar-refractivity contribution in [2.24, 2.45) is 0 Å². The molecule has 1 aromatic heterocycles. The number of para-hydroxylation sites is 1. The molecule has 0 saturated carbocycles. The van der Waals surface area contributed by atoms with E-state index in [2.05, 4.69) is 5.32 Å². The molecule has 0 unspecified atom stereocenters. The van der Waals surface area contributed by atoms with Gasteiger partial charge in [0.25, 0.3) is 5.91 Å². The van der Waals surface area contributed by atoms with E-state index in [1.165, 1.54) is 35.9 Å². The standard InChI is InChI=1S/C19H17FN2O2/c1-3-13-6-4-5-7-17(13)21-19(24)16-11-22(12(2)23)18-10-14(20)8-9-15(16)18/h4-11H,3H2,1-2H3,(H,21,24). The molecule has 1 heterocycles. The number of amides is 1. The first-order valence-electron chi connectivity index (χ1n) is 7.72. The highest BCUT2D eigenvalue weighted by Crippen LogP contribution is 2.24. The Morgan fingerprint density at radius 3 is 2.62 bits per heavy atom. The van der Waals surface area contributed by atoms with Crippen molar-refractivity contribution in [3.63, 3.8) is 0 Å². The van der Waals surface area contributed by atoms with Gasteiger partial charge in [-0.1, -0.05) is 25.1 Å². The van der Waals surface area contributed by atoms with Crippen molar-refractivity contribution in [3.05, 3.63) is 65.6 Å². The van der Waals surface area contributed by atoms with Crippen molar-refractivity contribution in [2.45, 2.75) is 20.3 Å². The van der Waals surface area contributed by atoms with Crippen LogP contribution in [-0.4, -0.2) is 16.4 Å². The third-order valence-electron chi connectivity index (χ3n) is 4.00. The van der Waals surface area contributed by atoms with Gasteiger partial charge < -0.3 is 5.32 Å². The van der Waals surface area contributed by atoms with E-state index >= 15 is 0 Å². The smallest absolute Gasteiger partial charge is 0.257 e. The molecule has 0 bridgehead atoms. The number of carbonyl (C=O) groups excluding carboxylic acids is 2. The van der Waals surface area contributed by atoms with Gasteiger partial charge in [-0.3, -0.25) is 14.2 Å². The van der Waals surface area contributed by atoms with Crippen molar-refractivity contribution in [1.82, 2.24) is 4.57 Å². The van der Waals surface area contributed by atoms with Crippen LogP contribution in [-0.2, 0) is 6.42 Å². The summed E-state index contributed by atoms with van der Waals surface area (Å²) in [6.45, 7) is 3.38. The average Bonchev–Trinajstić information content (AvgIpc) is 2.94. The average molecular weight is 324 g/mol. The third kappa shape index (κ3) is 2.80. The number of aromatic nitrogens is 1. The number of halogens is 1. The van der Waals surface area contributed by atoms with Gasteiger partial charge in [0, 0.05) is 24.2 Å². The Hall–Kier alpha value is -2.95. The second kappa shape index (κ2) is 6.28. The third-order valence-corrected chi connectivity index (χ3v) is 4.00. The van der Waals surface area contributed by atoms with Gasteiger partial charge in [0.15, 0.2) is 0 Å². The van der Waals surface area contributed by atoms with Crippen LogP contribution in [0.5, 0.6) is 0 Å². The lowest BCUT2D eigenvalue weighted by Gasteiger charge is -2.09. The van der Waals surface area contributed by atoms with Crippen LogP contribution in [0.4, 0.5) is 10.1 Å². The van der Waals surface area contributed by atoms with Crippen LogP contribution in [0.1, 0.15) is 34.6 Å². The number of fused-ring (bicyclic) bond motifs is 1. The van der Waals surface area contributed by atoms with Gasteiger partial charge in [-0.25, -0.2) is 4.39 Å². The molecule has 0 aliphatic carbocycles. The van der Waals surface area contributed by atoms with Gasteiger partial charge >= 0.3 is 0 Å². The van der Waals surface area contributed by atoms with Crippen molar-refractivity contribution >= 4 is 28.4 Å². The summed E-state index contributed by atoms with van der Waals surface area (Å²) in [4.78, 5) is 24.5. The van der Waals surface area contributed by atoms with E-state index in [1.807, 2.05) is 31.2 Å². The molecule has 0 saturated heterocycles. The predicted octanol–water partition coefficient (Wildman–Crippen LogP) is 4.26. The first-order chi connectivity index (χ1) is 11.5. The summed E-state index contributed by atoms with van der Waals surface area (Å²) in [6.07, 6.45) is 2.24. The fraction of sp³-hybridized carbons (Fsp3) is 0.158. The maximum absolute atomic E-state index is 13.5. The Morgan fingerprint density at radius 1 is 1.17 bits per heavy atom. The Bertz CT molecular complexity index is 944. The van der Waals surface area contributed by atoms with Crippen LogP contribution in [0.3, 0.4) is 0 Å². The minimum atomic E-state index is -0.452. The van der Waals surface area contributed by atoms with Gasteiger partial charge in [0.2, 0.25) is 5.91 Å². The van der Waals surface area contributed by atoms with Crippen molar-refractivity contribution in [3.8, 4) is 0 Å². The molecule has 0 atom stereocenters. The lowest BCUT2D eigenvalue weighted by Crippen LogP contribution is -2.13. The fourth-order valence-electron chi connectivity index (χ4n) is 2.78. The van der Waals surface area contributed by atoms with Crippen LogP contribution in [0.25, 0.3) is 10.9 Å². The van der Waals surface area contributed by atoms with Gasteiger partial charge in [-0.2, -0.15) is 0 Å². The van der Waals surface area contributed by atoms with Crippen molar-refractivity contribution in [2.75, 3.05) is 5.32 Å². The van der Waals surface area contributed by atoms with Crippen LogP contribution < -0.4 is 5.32 Å². The van der Waals surface area contributed by atoms with E-state index in [-0.39, 0.29) is 11.8 Å². The molecule has 2 aromatic carbocycles. The van der Waals surface area contributed by atoms with Crippen LogP contribution in [0.15, 0.2) is 48.7 Å². The summed E-state index contributed by atoms with van der Waals surface area (Å²) >= 11 is 0. The van der Waals surface area contributed by atoms with E-state index < -0.39 is 5.82 Å². The lowest BCUT2D eigenvalue weighted by atomic mass is 10.1. The molecule has 3 aromatic rings. The second-order valence-corrected chi connectivity index (χ2v) is 5.56. The molecule has 122 valence electrons. The lowest BCUT2D eigenvalue weighted by molar-refractivity contribution is 0.0941. The number of hydrogen-bond donors (Lipinski definition) is 1. The number of hydrogen-bond acceptors (Lipinski definition) is 2. The molecule has 0 fully saturated rings. The number of anilines is 1. The topological polar surface area (TPSA) is 51.1 Å². The first kappa shape index (κ1) is 15.9. The van der Waals surface area contributed by atoms with E-state index in [4.69, 9.17) is 0 Å². The monoisotopic (exact) mass is 324 g/mol. The quantitative estimate of drug-likeness (QED) is 0.783. The zero-order valence-electron chi connectivity index (χ0n) is 13.5. The summed E-state index contributed by atoms with van der Waals surface area (Å²) in [5, 5.41) is 3.42. The van der Waals surface area contributed by atoms with Crippen molar-refractivity contribution in [1.29, 1.82) is 0 Å². The normalized spacial score (nSPS) is 10.8. The van der Waals surface area contributed by atoms with Crippen LogP contribution >= 0.6 is 0 Å². The molecule has 5 heteroatoms. The maximum atomic E-state index is 13.5. The van der Waals surface area contributed by atoms with E-state index in [1.54, 1.807) is 0 Å². The molecule has 24 heavy (non-hydrogen) atoms. The van der Waals surface area contributed by atoms with E-state index in [0.29, 0.717) is 16.5 Å². The number of nitrogens with one attached hydrogen (secondary N) is 1. The SMILES string of the molecule is CCc1ccccc1NC(=O)c1cn(C(C)=O)c2cc(F)ccc12. The number of aryl methyl sites for hydroxylation is 1. The minimum Gasteiger partial charge on any atom is -0.322 e. The van der Waals surface area contributed by atoms with Crippen molar-refractivity contribution < 1.29 is 14.0 Å². The van der Waals surface area contributed by atoms with Gasteiger partial charge in [0.1, 0.15) is 5.82 Å². The number of nitrogens with zero attached hydrogens (tertiary/aromatic N) is 1. The summed E-state index contributed by atoms with van der Waals surface area (Å²) in [5.74, 6) is -1.06. The molecule has 1 amide bonds. The zero-order chi connectivity index (χ0) is 17.3. The van der Waals surface area contributed by atoms with Gasteiger partial charge in [0.05, 0.1) is 11.1 Å². The number of benzene rings is 2. The molecular weight excluding hydrogens is 307 g/mol. The highest BCUT2D eigenvalue weighted by atomic mass is 19.1. The summed E-state index contributed by atoms with van der Waals surface area (Å²) < 4.78 is 14.8. The predicted molar refractivity (Wildman–Crippen MR) is 92.0 cm³/mol. The second-order valence-electron chi connectivity index (χ2n) is 5.56. The highest BCUT2D eigenvalue weighted by Gasteiger charge is 2.18. The maximum Gasteiger partial charge on any atom is 0.257 e. The molecule has 0 spiro atoms. The van der Waals surface area contributed by atoms with Gasteiger partial charge in [-0.15, -0.1) is 0 Å². The van der Waals surface area contributed by atoms with E-state index in [9.17, 15) is 14.0 Å². The summed E-state index contributed by atoms with van der Waals surface area (Å²) in [5.41, 5.74) is 2.48. The molecule has 0 aliphatic rings. The first-order valence-corrected chi connectivity index (χ1v) is 7.72. The Balaban J connectivity index is 2.06. The van der Waals surface area contributed by atoms with Gasteiger partial charge in [-0.05, 0) is 36.2 Å². The molecule has 0 radical (unpaired) electrons. The number of carbonyl (C=O) groups is 2. The minimum absolute atomic E-state index is 0.279. The highest BCUT2D eigenvalue weighted by molar-refractivity contribution is 6.14. The van der Waals surface area contributed by atoms with Crippen LogP contribution in [0.2, 0.25) is 0 Å². The Kier molecular flexibility index (Phi) is 4.16. The molecule has 4 nitrogen and oxygen atoms in total. The zero-order valence-corrected chi connectivity index (χ0v) is 13.5. The number of rotatable bonds is 3. The van der Waals surface area contributed by atoms with Crippen LogP contribution in [0, 0.1) is 5.82 Å². The fourth-order valence-corrected chi connectivity index (χ4v) is 2.78. The molecule has 3 rings (SSSR count).